The largest absolute Gasteiger partial charge is 0.452 e. The lowest BCUT2D eigenvalue weighted by atomic mass is 9.90. The van der Waals surface area contributed by atoms with Crippen LogP contribution in [0.1, 0.15) is 36.0 Å². The van der Waals surface area contributed by atoms with Gasteiger partial charge in [-0.1, -0.05) is 25.0 Å². The van der Waals surface area contributed by atoms with Gasteiger partial charge in [0.25, 0.3) is 11.8 Å². The number of carbonyl (C=O) groups excluding carboxylic acids is 4. The molecule has 2 aliphatic heterocycles. The molecule has 3 amide bonds. The zero-order valence-corrected chi connectivity index (χ0v) is 18.0. The number of fused-ring (bicyclic) bond motifs is 2. The average Bonchev–Trinajstić information content (AvgIpc) is 3.28. The highest BCUT2D eigenvalue weighted by Gasteiger charge is 2.52. The molecule has 9 heteroatoms. The summed E-state index contributed by atoms with van der Waals surface area (Å²) in [5.41, 5.74) is 1.03. The first kappa shape index (κ1) is 20.6. The molecular weight excluding hydrogens is 430 g/mol. The molecule has 1 aliphatic carbocycles. The summed E-state index contributed by atoms with van der Waals surface area (Å²) in [6.45, 7) is -0.486. The number of nitrogens with one attached hydrogen (secondary N) is 2. The summed E-state index contributed by atoms with van der Waals surface area (Å²) in [4.78, 5) is 52.9. The number of benzene rings is 2. The first-order valence-electron chi connectivity index (χ1n) is 10.5. The van der Waals surface area contributed by atoms with Gasteiger partial charge in [0, 0.05) is 4.90 Å². The van der Waals surface area contributed by atoms with Crippen LogP contribution in [0.15, 0.2) is 47.4 Å². The molecule has 2 heterocycles. The van der Waals surface area contributed by atoms with Crippen molar-refractivity contribution < 1.29 is 23.9 Å². The molecule has 1 spiro atoms. The Morgan fingerprint density at radius 1 is 1.03 bits per heavy atom. The molecule has 3 aliphatic rings. The Morgan fingerprint density at radius 2 is 1.81 bits per heavy atom. The number of carbonyl (C=O) groups is 4. The number of amides is 3. The van der Waals surface area contributed by atoms with Crippen molar-refractivity contribution in [3.8, 4) is 0 Å². The summed E-state index contributed by atoms with van der Waals surface area (Å²) in [7, 11) is 0. The summed E-state index contributed by atoms with van der Waals surface area (Å²) in [6.07, 6.45) is 2.82. The fourth-order valence-electron chi connectivity index (χ4n) is 4.61. The molecule has 2 aromatic rings. The molecule has 0 radical (unpaired) electrons. The van der Waals surface area contributed by atoms with Crippen LogP contribution >= 0.6 is 11.8 Å². The third-order valence-electron chi connectivity index (χ3n) is 6.10. The second-order valence-corrected chi connectivity index (χ2v) is 9.08. The van der Waals surface area contributed by atoms with Gasteiger partial charge in [-0.15, -0.1) is 11.8 Å². The van der Waals surface area contributed by atoms with E-state index in [9.17, 15) is 19.2 Å². The Morgan fingerprint density at radius 3 is 2.62 bits per heavy atom. The average molecular weight is 452 g/mol. The number of esters is 1. The van der Waals surface area contributed by atoms with Gasteiger partial charge in [-0.05, 0) is 43.2 Å². The Hall–Kier alpha value is -3.33. The summed E-state index contributed by atoms with van der Waals surface area (Å²) in [6, 6.07) is 12.1. The maximum Gasteiger partial charge on any atom is 0.338 e. The molecule has 0 saturated heterocycles. The minimum absolute atomic E-state index is 0.132. The van der Waals surface area contributed by atoms with Crippen molar-refractivity contribution in [3.05, 3.63) is 48.0 Å². The molecule has 2 N–H and O–H groups in total. The number of hydrogen-bond acceptors (Lipinski definition) is 6. The number of ether oxygens (including phenoxy) is 1. The monoisotopic (exact) mass is 451 g/mol. The molecule has 1 saturated carbocycles. The predicted molar refractivity (Wildman–Crippen MR) is 120 cm³/mol. The highest BCUT2D eigenvalue weighted by molar-refractivity contribution is 8.00. The standard InChI is InChI=1S/C23H21N3O5S/c27-19-13-32-18-8-7-14(11-16(18)24-19)21(29)31-12-20(28)26-17-6-2-1-5-15(17)25-22(30)23(26)9-3-4-10-23/h1-2,5-8,11H,3-4,9-10,12-13H2,(H,24,27)(H,25,30). The molecule has 0 bridgehead atoms. The smallest absolute Gasteiger partial charge is 0.338 e. The first-order chi connectivity index (χ1) is 15.5. The second kappa shape index (κ2) is 7.98. The molecule has 1 fully saturated rings. The van der Waals surface area contributed by atoms with Crippen molar-refractivity contribution in [2.24, 2.45) is 0 Å². The van der Waals surface area contributed by atoms with Crippen LogP contribution in [-0.4, -0.2) is 41.6 Å². The quantitative estimate of drug-likeness (QED) is 0.695. The lowest BCUT2D eigenvalue weighted by molar-refractivity contribution is -0.129. The maximum absolute atomic E-state index is 13.3. The van der Waals surface area contributed by atoms with Crippen molar-refractivity contribution in [3.63, 3.8) is 0 Å². The molecule has 0 aromatic heterocycles. The van der Waals surface area contributed by atoms with Crippen molar-refractivity contribution in [1.82, 2.24) is 0 Å². The van der Waals surface area contributed by atoms with E-state index in [1.165, 1.54) is 16.7 Å². The molecule has 164 valence electrons. The molecular formula is C23H21N3O5S. The van der Waals surface area contributed by atoms with Crippen LogP contribution in [0.5, 0.6) is 0 Å². The lowest BCUT2D eigenvalue weighted by Crippen LogP contribution is -2.61. The maximum atomic E-state index is 13.3. The first-order valence-corrected chi connectivity index (χ1v) is 11.4. The molecule has 5 rings (SSSR count). The van der Waals surface area contributed by atoms with Crippen LogP contribution in [0.3, 0.4) is 0 Å². The van der Waals surface area contributed by atoms with Crippen LogP contribution < -0.4 is 15.5 Å². The number of anilines is 3. The van der Waals surface area contributed by atoms with E-state index in [2.05, 4.69) is 10.6 Å². The van der Waals surface area contributed by atoms with Crippen LogP contribution in [0.4, 0.5) is 17.1 Å². The van der Waals surface area contributed by atoms with Gasteiger partial charge in [0.2, 0.25) is 5.91 Å². The minimum Gasteiger partial charge on any atom is -0.452 e. The SMILES string of the molecule is O=C1CSc2ccc(C(=O)OCC(=O)N3c4ccccc4NC(=O)C34CCCC4)cc2N1. The Labute approximate surface area is 188 Å². The molecule has 0 unspecified atom stereocenters. The molecule has 32 heavy (non-hydrogen) atoms. The molecule has 2 aromatic carbocycles. The van der Waals surface area contributed by atoms with Crippen LogP contribution in [0, 0.1) is 0 Å². The van der Waals surface area contributed by atoms with Crippen LogP contribution in [0.25, 0.3) is 0 Å². The number of rotatable bonds is 3. The molecule has 8 nitrogen and oxygen atoms in total. The van der Waals surface area contributed by atoms with Crippen molar-refractivity contribution in [1.29, 1.82) is 0 Å². The van der Waals surface area contributed by atoms with E-state index in [0.29, 0.717) is 35.7 Å². The van der Waals surface area contributed by atoms with E-state index in [-0.39, 0.29) is 17.4 Å². The van der Waals surface area contributed by atoms with E-state index >= 15 is 0 Å². The number of nitrogens with zero attached hydrogens (tertiary/aromatic N) is 1. The summed E-state index contributed by atoms with van der Waals surface area (Å²) < 4.78 is 5.33. The van der Waals surface area contributed by atoms with Crippen molar-refractivity contribution in [2.45, 2.75) is 36.1 Å². The summed E-state index contributed by atoms with van der Waals surface area (Å²) >= 11 is 1.40. The zero-order chi connectivity index (χ0) is 22.3. The Kier molecular flexibility index (Phi) is 5.13. The molecule has 0 atom stereocenters. The zero-order valence-electron chi connectivity index (χ0n) is 17.2. The van der Waals surface area contributed by atoms with Crippen molar-refractivity contribution in [2.75, 3.05) is 27.9 Å². The summed E-state index contributed by atoms with van der Waals surface area (Å²) in [5, 5.41) is 5.66. The highest BCUT2D eigenvalue weighted by atomic mass is 32.2. The van der Waals surface area contributed by atoms with E-state index < -0.39 is 24.0 Å². The fourth-order valence-corrected chi connectivity index (χ4v) is 5.40. The van der Waals surface area contributed by atoms with E-state index in [1.807, 2.05) is 6.07 Å². The van der Waals surface area contributed by atoms with Crippen molar-refractivity contribution >= 4 is 52.5 Å². The van der Waals surface area contributed by atoms with Gasteiger partial charge in [0.15, 0.2) is 6.61 Å². The van der Waals surface area contributed by atoms with Gasteiger partial charge in [-0.2, -0.15) is 0 Å². The van der Waals surface area contributed by atoms with Gasteiger partial charge in [0.1, 0.15) is 5.54 Å². The van der Waals surface area contributed by atoms with Gasteiger partial charge in [-0.3, -0.25) is 19.3 Å². The third-order valence-corrected chi connectivity index (χ3v) is 7.17. The highest BCUT2D eigenvalue weighted by Crippen LogP contribution is 2.45. The Balaban J connectivity index is 1.36. The number of thioether (sulfide) groups is 1. The van der Waals surface area contributed by atoms with Crippen LogP contribution in [0.2, 0.25) is 0 Å². The number of para-hydroxylation sites is 2. The lowest BCUT2D eigenvalue weighted by Gasteiger charge is -2.44. The van der Waals surface area contributed by atoms with Gasteiger partial charge in [-0.25, -0.2) is 4.79 Å². The Bertz CT molecular complexity index is 1140. The fraction of sp³-hybridized carbons (Fsp3) is 0.304. The summed E-state index contributed by atoms with van der Waals surface area (Å²) in [5.74, 6) is -1.10. The topological polar surface area (TPSA) is 105 Å². The normalized spacial score (nSPS) is 18.4. The van der Waals surface area contributed by atoms with Gasteiger partial charge < -0.3 is 15.4 Å². The van der Waals surface area contributed by atoms with E-state index in [4.69, 9.17) is 4.74 Å². The van der Waals surface area contributed by atoms with E-state index in [1.54, 1.807) is 36.4 Å². The predicted octanol–water partition coefficient (Wildman–Crippen LogP) is 3.19. The van der Waals surface area contributed by atoms with E-state index in [0.717, 1.165) is 17.7 Å². The second-order valence-electron chi connectivity index (χ2n) is 8.06. The minimum atomic E-state index is -0.953. The third kappa shape index (κ3) is 3.42. The van der Waals surface area contributed by atoms with Gasteiger partial charge >= 0.3 is 5.97 Å². The van der Waals surface area contributed by atoms with Gasteiger partial charge in [0.05, 0.1) is 28.4 Å². The van der Waals surface area contributed by atoms with Crippen LogP contribution in [-0.2, 0) is 19.1 Å². The number of hydrogen-bond donors (Lipinski definition) is 2.